The zero-order chi connectivity index (χ0) is 39.0. The maximum Gasteiger partial charge on any atom is 0.303 e. The molecule has 4 N–H and O–H groups in total. The Bertz CT molecular complexity index is 1440. The molecule has 0 aromatic heterocycles. The van der Waals surface area contributed by atoms with E-state index in [2.05, 4.69) is 63.2 Å². The summed E-state index contributed by atoms with van der Waals surface area (Å²) >= 11 is 0. The minimum Gasteiger partial charge on any atom is -0.481 e. The smallest absolute Gasteiger partial charge is 0.303 e. The molecule has 2 saturated heterocycles. The lowest BCUT2D eigenvalue weighted by atomic mass is 9.33. The van der Waals surface area contributed by atoms with Crippen molar-refractivity contribution in [2.45, 2.75) is 150 Å². The summed E-state index contributed by atoms with van der Waals surface area (Å²) in [6.07, 6.45) is 16.7. The number of hydrogen-bond donors (Lipinski definition) is 4. The molecule has 0 aromatic carbocycles. The molecule has 9 heteroatoms. The summed E-state index contributed by atoms with van der Waals surface area (Å²) in [7, 11) is -2.34. The molecule has 8 nitrogen and oxygen atoms in total. The van der Waals surface area contributed by atoms with Gasteiger partial charge in [0.2, 0.25) is 5.91 Å². The van der Waals surface area contributed by atoms with Crippen LogP contribution in [-0.2, 0) is 9.59 Å². The maximum absolute atomic E-state index is 14.2. The van der Waals surface area contributed by atoms with E-state index in [4.69, 9.17) is 0 Å². The van der Waals surface area contributed by atoms with Crippen LogP contribution in [0.2, 0.25) is 0 Å². The van der Waals surface area contributed by atoms with E-state index in [-0.39, 0.29) is 39.5 Å². The van der Waals surface area contributed by atoms with Crippen LogP contribution in [0.25, 0.3) is 0 Å². The lowest BCUT2D eigenvalue weighted by molar-refractivity contribution is -0.241. The average molecular weight is 772 g/mol. The number of aliphatic carboxylic acids is 1. The fourth-order valence-corrected chi connectivity index (χ4v) is 17.1. The van der Waals surface area contributed by atoms with Gasteiger partial charge < -0.3 is 20.2 Å². The first-order valence-corrected chi connectivity index (χ1v) is 24.0. The summed E-state index contributed by atoms with van der Waals surface area (Å²) in [5.74, 6) is 3.58. The number of nitrogens with zero attached hydrogens (tertiary/aromatic N) is 2. The van der Waals surface area contributed by atoms with Gasteiger partial charge in [-0.3, -0.25) is 18.7 Å². The Kier molecular flexibility index (Phi) is 11.1. The molecular weight excluding hydrogens is 695 g/mol. The second kappa shape index (κ2) is 14.6. The molecule has 1 amide bonds. The molecular formula is C45H77N3O5S. The van der Waals surface area contributed by atoms with E-state index in [0.717, 1.165) is 77.8 Å². The third-order valence-electron chi connectivity index (χ3n) is 18.7. The first-order valence-electron chi connectivity index (χ1n) is 22.2. The van der Waals surface area contributed by atoms with Crippen LogP contribution < -0.4 is 5.32 Å². The molecule has 0 unspecified atom stereocenters. The predicted octanol–water partition coefficient (Wildman–Crippen LogP) is 9.31. The maximum atomic E-state index is 14.2. The Morgan fingerprint density at radius 2 is 1.52 bits per heavy atom. The van der Waals surface area contributed by atoms with Crippen molar-refractivity contribution in [3.8, 4) is 0 Å². The highest BCUT2D eigenvalue weighted by Gasteiger charge is 2.71. The first-order chi connectivity index (χ1) is 25.3. The van der Waals surface area contributed by atoms with Crippen molar-refractivity contribution in [2.24, 2.45) is 56.7 Å². The highest BCUT2D eigenvalue weighted by atomic mass is 32.3. The fraction of sp³-hybridized carbons (Fsp3) is 0.911. The van der Waals surface area contributed by atoms with Crippen molar-refractivity contribution in [3.63, 3.8) is 0 Å². The Balaban J connectivity index is 1.05. The minimum absolute atomic E-state index is 0.122. The van der Waals surface area contributed by atoms with Gasteiger partial charge in [-0.25, -0.2) is 0 Å². The molecule has 7 aliphatic rings. The number of carboxylic acid groups (broad SMARTS) is 1. The molecule has 0 aromatic rings. The minimum atomic E-state index is -2.34. The van der Waals surface area contributed by atoms with E-state index in [0.29, 0.717) is 52.9 Å². The Hall–Kier alpha value is -1.13. The number of amides is 1. The zero-order valence-electron chi connectivity index (χ0n) is 35.0. The second-order valence-electron chi connectivity index (χ2n) is 21.5. The normalized spacial score (nSPS) is 43.0. The van der Waals surface area contributed by atoms with Crippen LogP contribution in [0, 0.1) is 56.7 Å². The van der Waals surface area contributed by atoms with Crippen LogP contribution in [0.4, 0.5) is 0 Å². The van der Waals surface area contributed by atoms with Crippen molar-refractivity contribution in [2.75, 3.05) is 50.8 Å². The van der Waals surface area contributed by atoms with Crippen molar-refractivity contribution in [1.29, 1.82) is 0 Å². The van der Waals surface area contributed by atoms with Crippen molar-refractivity contribution in [1.82, 2.24) is 15.1 Å². The number of hydrogen-bond acceptors (Lipinski definition) is 6. The highest BCUT2D eigenvalue weighted by Crippen LogP contribution is 2.77. The Morgan fingerprint density at radius 3 is 2.19 bits per heavy atom. The molecule has 5 aliphatic carbocycles. The van der Waals surface area contributed by atoms with Crippen LogP contribution in [0.3, 0.4) is 0 Å². The van der Waals surface area contributed by atoms with Gasteiger partial charge in [0.05, 0.1) is 17.9 Å². The molecule has 9 atom stereocenters. The van der Waals surface area contributed by atoms with E-state index in [1.54, 1.807) is 0 Å². The van der Waals surface area contributed by atoms with Crippen molar-refractivity contribution in [3.05, 3.63) is 12.2 Å². The van der Waals surface area contributed by atoms with Gasteiger partial charge in [-0.15, -0.1) is 0 Å². The topological polar surface area (TPSA) is 113 Å². The summed E-state index contributed by atoms with van der Waals surface area (Å²) in [5.41, 5.74) is 1.85. The Morgan fingerprint density at radius 1 is 0.815 bits per heavy atom. The molecule has 7 fully saturated rings. The second-order valence-corrected chi connectivity index (χ2v) is 24.0. The van der Waals surface area contributed by atoms with Crippen LogP contribution in [-0.4, -0.2) is 92.2 Å². The lowest BCUT2D eigenvalue weighted by Crippen LogP contribution is -2.70. The van der Waals surface area contributed by atoms with Gasteiger partial charge in [0.1, 0.15) is 0 Å². The third kappa shape index (κ3) is 6.85. The zero-order valence-corrected chi connectivity index (χ0v) is 35.8. The van der Waals surface area contributed by atoms with Crippen LogP contribution in [0.1, 0.15) is 144 Å². The largest absolute Gasteiger partial charge is 0.481 e. The number of carboxylic acids is 1. The lowest BCUT2D eigenvalue weighted by Gasteiger charge is -2.73. The molecule has 2 heterocycles. The SMILES string of the molecule is C=C(C)[C@@H]1CC[C@]2(CNCCCN3CCS(O)(O)CC3)CC[C@]3(C)[C@H](CC[C@@H]4[C@@]5(C)CCN(C(=O)CC6(CC(=O)O)CCCC6)C(C)(C)[C@@H]5CC[C@]43C)[C@@H]12. The summed E-state index contributed by atoms with van der Waals surface area (Å²) in [5, 5.41) is 13.8. The van der Waals surface area contributed by atoms with E-state index in [9.17, 15) is 23.8 Å². The van der Waals surface area contributed by atoms with Gasteiger partial charge >= 0.3 is 5.97 Å². The van der Waals surface area contributed by atoms with Crippen LogP contribution in [0.15, 0.2) is 12.2 Å². The monoisotopic (exact) mass is 772 g/mol. The van der Waals surface area contributed by atoms with Gasteiger partial charge in [0, 0.05) is 38.1 Å². The number of carbonyl (C=O) groups excluding carboxylic acids is 1. The molecule has 7 rings (SSSR count). The molecule has 0 radical (unpaired) electrons. The number of carbonyl (C=O) groups is 2. The summed E-state index contributed by atoms with van der Waals surface area (Å²) in [6.45, 7) is 25.2. The van der Waals surface area contributed by atoms with Gasteiger partial charge in [0.25, 0.3) is 0 Å². The van der Waals surface area contributed by atoms with Crippen LogP contribution in [0.5, 0.6) is 0 Å². The standard InChI is InChI=1S/C45H77N3O5S/c1-32(2)33-13-18-45(31-46-22-10-23-47-25-27-54(52,53)28-26-47)20-19-42(6)34(39(33)45)11-12-36-41(5)21-24-48(40(3,4)35(41)14-17-43(36,42)7)37(49)29-44(30-38(50)51)15-8-9-16-44/h33-36,39,46,52-53H,1,8-31H2,2-7H3,(H,50,51)/t33-,34+,35-,36+,39+,41-,42+,43+,45+/m0/s1. The molecule has 0 bridgehead atoms. The highest BCUT2D eigenvalue weighted by molar-refractivity contribution is 8.24. The van der Waals surface area contributed by atoms with Crippen LogP contribution >= 0.6 is 10.6 Å². The molecule has 5 saturated carbocycles. The van der Waals surface area contributed by atoms with Gasteiger partial charge in [-0.1, -0.05) is 45.8 Å². The van der Waals surface area contributed by atoms with E-state index >= 15 is 0 Å². The number of allylic oxidation sites excluding steroid dienone is 1. The Labute approximate surface area is 329 Å². The van der Waals surface area contributed by atoms with Gasteiger partial charge in [0.15, 0.2) is 0 Å². The van der Waals surface area contributed by atoms with E-state index < -0.39 is 16.6 Å². The third-order valence-corrected chi connectivity index (χ3v) is 20.4. The first kappa shape index (κ1) is 41.0. The molecule has 2 aliphatic heterocycles. The number of fused-ring (bicyclic) bond motifs is 7. The summed E-state index contributed by atoms with van der Waals surface area (Å²) in [6, 6.07) is 0. The van der Waals surface area contributed by atoms with Crippen molar-refractivity contribution < 1.29 is 23.8 Å². The van der Waals surface area contributed by atoms with Gasteiger partial charge in [-0.05, 0) is 168 Å². The fourth-order valence-electron chi connectivity index (χ4n) is 15.8. The van der Waals surface area contributed by atoms with Crippen molar-refractivity contribution >= 4 is 22.5 Å². The quantitative estimate of drug-likeness (QED) is 0.122. The molecule has 54 heavy (non-hydrogen) atoms. The van der Waals surface area contributed by atoms with Gasteiger partial charge in [-0.2, -0.15) is 10.6 Å². The number of rotatable bonds is 11. The molecule has 0 spiro atoms. The number of piperidine rings is 1. The summed E-state index contributed by atoms with van der Waals surface area (Å²) < 4.78 is 20.0. The summed E-state index contributed by atoms with van der Waals surface area (Å²) in [4.78, 5) is 30.8. The average Bonchev–Trinajstić information content (AvgIpc) is 3.70. The van der Waals surface area contributed by atoms with E-state index in [1.807, 2.05) is 0 Å². The number of nitrogens with one attached hydrogen (secondary N) is 1. The predicted molar refractivity (Wildman–Crippen MR) is 221 cm³/mol. The number of likely N-dealkylation sites (tertiary alicyclic amines) is 1. The molecule has 308 valence electrons. The van der Waals surface area contributed by atoms with E-state index in [1.165, 1.54) is 56.9 Å².